The summed E-state index contributed by atoms with van der Waals surface area (Å²) in [6.45, 7) is 0.213. The highest BCUT2D eigenvalue weighted by Gasteiger charge is 2.60. The molecule has 0 bridgehead atoms. The summed E-state index contributed by atoms with van der Waals surface area (Å²) in [6, 6.07) is 15.2. The second kappa shape index (κ2) is 17.4. The van der Waals surface area contributed by atoms with Gasteiger partial charge in [0.25, 0.3) is 0 Å². The molecule has 0 spiro atoms. The first-order valence-corrected chi connectivity index (χ1v) is 21.1. The van der Waals surface area contributed by atoms with Crippen molar-refractivity contribution in [1.29, 1.82) is 0 Å². The number of aliphatic hydroxyl groups is 5. The van der Waals surface area contributed by atoms with E-state index in [0.29, 0.717) is 64.0 Å². The largest absolute Gasteiger partial charge is 0.493 e. The maximum absolute atomic E-state index is 12.5. The molecule has 9 rings (SSSR count). The monoisotopic (exact) mass is 887 g/mol. The molecule has 3 aromatic rings. The summed E-state index contributed by atoms with van der Waals surface area (Å²) < 4.78 is 43.9. The van der Waals surface area contributed by atoms with E-state index in [-0.39, 0.29) is 45.0 Å². The van der Waals surface area contributed by atoms with Crippen LogP contribution in [0.25, 0.3) is 0 Å². The molecule has 0 saturated carbocycles. The molecule has 10 atom stereocenters. The lowest BCUT2D eigenvalue weighted by molar-refractivity contribution is -0.867. The lowest BCUT2D eigenvalue weighted by Gasteiger charge is -2.48. The fourth-order valence-corrected chi connectivity index (χ4v) is 9.97. The van der Waals surface area contributed by atoms with E-state index in [1.54, 1.807) is 18.3 Å². The van der Waals surface area contributed by atoms with Gasteiger partial charge in [0, 0.05) is 46.5 Å². The number of carboxylic acid groups (broad SMARTS) is 1. The summed E-state index contributed by atoms with van der Waals surface area (Å²) >= 11 is 0. The standard InChI is InChI=1S/C45H50N4O15/c1-58-27-8-7-24-33-29(15-21-5-3-2-4-6-21)60-30-16-28-23(9-11-45(57)42(56)36(55)40(64-44(45)61-28)41(43(46)47)62-32(54)17-31(52)53)25(19-49-18-22-10-12-48-35(22)26(49)20-51)34(30)39(33)63-37(24)38(27)59-14-13-50/h2-8,10,12,16,29,33,36,39-44,50-51,55-57H,9,11,13-15,17-20,46-47H2,1H3,(H,52,53)/p+1/t29-,33-,36-,39-,40+,41+,42+,44-,45-/m1/s1. The average Bonchev–Trinajstić information content (AvgIpc) is 3.95. The smallest absolute Gasteiger partial charge is 0.317 e. The lowest BCUT2D eigenvalue weighted by atomic mass is 9.78. The number of rotatable bonds is 14. The van der Waals surface area contributed by atoms with Gasteiger partial charge in [-0.2, -0.15) is 0 Å². The van der Waals surface area contributed by atoms with Crippen LogP contribution in [0.1, 0.15) is 52.7 Å². The SMILES string of the molecule is COc1ccc2c(c1OCCO)O[C@H]1c3c(cc4c(c3C[NH+]3CC5=CC=NC5=C3CO)CC[C@]3(O)[C@H](O4)O[C@H]([C@H](OC(=O)CC(=O)O)C(N)N)[C@@H](O)[C@@H]3O)O[C@H](Cc3ccccc3)[C@@H]21. The molecule has 1 saturated heterocycles. The number of benzene rings is 3. The predicted molar refractivity (Wildman–Crippen MR) is 222 cm³/mol. The van der Waals surface area contributed by atoms with Gasteiger partial charge in [-0.3, -0.25) is 19.5 Å². The molecule has 64 heavy (non-hydrogen) atoms. The highest BCUT2D eigenvalue weighted by Crippen LogP contribution is 2.60. The van der Waals surface area contributed by atoms with Crippen molar-refractivity contribution in [2.45, 2.75) is 92.8 Å². The molecule has 0 radical (unpaired) electrons. The van der Waals surface area contributed by atoms with Gasteiger partial charge in [0.1, 0.15) is 80.4 Å². The number of carbonyl (C=O) groups excluding carboxylic acids is 1. The number of carboxylic acids is 1. The number of ether oxygens (including phenoxy) is 7. The van der Waals surface area contributed by atoms with Crippen molar-refractivity contribution in [2.24, 2.45) is 16.5 Å². The topological polar surface area (TPSA) is 289 Å². The Morgan fingerprint density at radius 3 is 2.58 bits per heavy atom. The fourth-order valence-electron chi connectivity index (χ4n) is 9.97. The molecule has 11 N–H and O–H groups in total. The predicted octanol–water partition coefficient (Wildman–Crippen LogP) is -0.967. The number of methoxy groups -OCH3 is 1. The highest BCUT2D eigenvalue weighted by molar-refractivity contribution is 5.90. The third-order valence-electron chi connectivity index (χ3n) is 12.9. The molecule has 1 unspecified atom stereocenters. The van der Waals surface area contributed by atoms with Crippen molar-refractivity contribution in [3.05, 3.63) is 99.4 Å². The normalized spacial score (nSPS) is 28.8. The Bertz CT molecular complexity index is 2410. The Hall–Kier alpha value is -5.61. The molecule has 0 amide bonds. The Morgan fingerprint density at radius 2 is 1.86 bits per heavy atom. The molecular formula is C45H51N4O15+. The zero-order valence-corrected chi connectivity index (χ0v) is 34.8. The van der Waals surface area contributed by atoms with Gasteiger partial charge in [-0.15, -0.1) is 0 Å². The maximum atomic E-state index is 12.5. The number of esters is 1. The van der Waals surface area contributed by atoms with Gasteiger partial charge in [0.2, 0.25) is 12.0 Å². The molecule has 1 fully saturated rings. The van der Waals surface area contributed by atoms with E-state index in [0.717, 1.165) is 21.6 Å². The first-order valence-electron chi connectivity index (χ1n) is 21.1. The number of fused-ring (bicyclic) bond motifs is 8. The Labute approximate surface area is 366 Å². The summed E-state index contributed by atoms with van der Waals surface area (Å²) in [6.07, 6.45) is -8.77. The second-order valence-electron chi connectivity index (χ2n) is 16.7. The van der Waals surface area contributed by atoms with Gasteiger partial charge in [-0.05, 0) is 30.5 Å². The van der Waals surface area contributed by atoms with E-state index < -0.39 is 79.0 Å². The number of allylic oxidation sites excluding steroid dienone is 1. The van der Waals surface area contributed by atoms with Crippen molar-refractivity contribution in [3.8, 4) is 28.7 Å². The third-order valence-corrected chi connectivity index (χ3v) is 12.9. The first-order chi connectivity index (χ1) is 30.8. The van der Waals surface area contributed by atoms with Crippen molar-refractivity contribution < 1.29 is 78.3 Å². The van der Waals surface area contributed by atoms with Gasteiger partial charge < -0.3 is 75.3 Å². The van der Waals surface area contributed by atoms with E-state index >= 15 is 0 Å². The molecule has 6 aliphatic heterocycles. The number of hydrogen-bond donors (Lipinski definition) is 9. The first kappa shape index (κ1) is 43.6. The highest BCUT2D eigenvalue weighted by atomic mass is 16.7. The number of nitrogens with two attached hydrogens (primary N) is 2. The van der Waals surface area contributed by atoms with Crippen LogP contribution in [0.15, 0.2) is 76.6 Å². The number of hydrogen-bond acceptors (Lipinski definition) is 17. The van der Waals surface area contributed by atoms with Gasteiger partial charge in [0.15, 0.2) is 28.9 Å². The van der Waals surface area contributed by atoms with E-state index in [2.05, 4.69) is 4.99 Å². The van der Waals surface area contributed by atoms with E-state index in [1.165, 1.54) is 7.11 Å². The molecule has 0 aromatic heterocycles. The van der Waals surface area contributed by atoms with Crippen molar-refractivity contribution in [3.63, 3.8) is 0 Å². The quantitative estimate of drug-likeness (QED) is 0.0535. The minimum Gasteiger partial charge on any atom is -0.493 e. The van der Waals surface area contributed by atoms with Gasteiger partial charge >= 0.3 is 11.9 Å². The van der Waals surface area contributed by atoms with Crippen molar-refractivity contribution in [1.82, 2.24) is 0 Å². The number of aliphatic hydroxyl groups excluding tert-OH is 4. The molecule has 6 aliphatic rings. The summed E-state index contributed by atoms with van der Waals surface area (Å²) in [4.78, 5) is 29.2. The Balaban J connectivity index is 1.18. The number of quaternary nitrogens is 1. The molecule has 3 aromatic carbocycles. The Kier molecular flexibility index (Phi) is 11.9. The number of aliphatic carboxylic acids is 1. The molecule has 19 heteroatoms. The molecule has 340 valence electrons. The number of nitrogens with one attached hydrogen (secondary N) is 1. The minimum atomic E-state index is -2.26. The lowest BCUT2D eigenvalue weighted by Crippen LogP contribution is -3.08. The van der Waals surface area contributed by atoms with E-state index in [1.807, 2.05) is 42.5 Å². The van der Waals surface area contributed by atoms with Crippen LogP contribution < -0.4 is 40.1 Å². The molecule has 0 aliphatic carbocycles. The van der Waals surface area contributed by atoms with Crippen LogP contribution in [0, 0.1) is 0 Å². The Morgan fingerprint density at radius 1 is 1.06 bits per heavy atom. The van der Waals surface area contributed by atoms with Gasteiger partial charge in [-0.25, -0.2) is 0 Å². The van der Waals surface area contributed by atoms with Crippen LogP contribution >= 0.6 is 0 Å². The summed E-state index contributed by atoms with van der Waals surface area (Å²) in [5.41, 5.74) is 15.8. The zero-order valence-electron chi connectivity index (χ0n) is 34.8. The van der Waals surface area contributed by atoms with Crippen molar-refractivity contribution in [2.75, 3.05) is 33.5 Å². The average molecular weight is 888 g/mol. The van der Waals surface area contributed by atoms with E-state index in [4.69, 9.17) is 49.7 Å². The van der Waals surface area contributed by atoms with Crippen LogP contribution in [0.5, 0.6) is 28.7 Å². The van der Waals surface area contributed by atoms with Crippen LogP contribution in [0.4, 0.5) is 0 Å². The van der Waals surface area contributed by atoms with E-state index in [9.17, 15) is 35.1 Å². The zero-order chi connectivity index (χ0) is 45.0. The summed E-state index contributed by atoms with van der Waals surface area (Å²) in [5, 5.41) is 65.1. The number of carbonyl (C=O) groups is 2. The minimum absolute atomic E-state index is 0.0202. The van der Waals surface area contributed by atoms with Crippen LogP contribution in [-0.4, -0.2) is 131 Å². The number of aliphatic imine (C=N–C) groups is 1. The summed E-state index contributed by atoms with van der Waals surface area (Å²) in [5.74, 6) is -1.33. The van der Waals surface area contributed by atoms with Crippen molar-refractivity contribution >= 4 is 18.2 Å². The third kappa shape index (κ3) is 7.55. The van der Waals surface area contributed by atoms with Gasteiger partial charge in [-0.1, -0.05) is 36.4 Å². The maximum Gasteiger partial charge on any atom is 0.317 e. The number of nitrogens with zero attached hydrogens (tertiary/aromatic N) is 1. The van der Waals surface area contributed by atoms with Crippen LogP contribution in [0.2, 0.25) is 0 Å². The van der Waals surface area contributed by atoms with Crippen LogP contribution in [-0.2, 0) is 38.4 Å². The fraction of sp³-hybridized carbons (Fsp3) is 0.444. The van der Waals surface area contributed by atoms with Crippen LogP contribution in [0.3, 0.4) is 0 Å². The van der Waals surface area contributed by atoms with Gasteiger partial charge in [0.05, 0.1) is 25.8 Å². The molecule has 19 nitrogen and oxygen atoms in total. The summed E-state index contributed by atoms with van der Waals surface area (Å²) in [7, 11) is 1.52. The molecular weight excluding hydrogens is 837 g/mol. The second-order valence-corrected chi connectivity index (χ2v) is 16.7. The molecule has 6 heterocycles.